The van der Waals surface area contributed by atoms with Crippen LogP contribution in [0.2, 0.25) is 0 Å². The molecule has 2 aliphatic carbocycles. The molecule has 124 valence electrons. The van der Waals surface area contributed by atoms with Crippen LogP contribution in [0.1, 0.15) is 60.8 Å². The third-order valence-electron chi connectivity index (χ3n) is 5.91. The van der Waals surface area contributed by atoms with Crippen molar-refractivity contribution in [3.63, 3.8) is 0 Å². The summed E-state index contributed by atoms with van der Waals surface area (Å²) < 4.78 is 0. The minimum atomic E-state index is 0.341. The largest absolute Gasteiger partial charge is 0.508 e. The highest BCUT2D eigenvalue weighted by Gasteiger charge is 2.41. The van der Waals surface area contributed by atoms with Crippen LogP contribution in [0.5, 0.6) is 11.5 Å². The van der Waals surface area contributed by atoms with E-state index >= 15 is 0 Å². The molecular weight excluding hydrogens is 296 g/mol. The number of aromatic hydroxyl groups is 2. The van der Waals surface area contributed by atoms with Gasteiger partial charge in [0, 0.05) is 5.92 Å². The molecule has 0 amide bonds. The summed E-state index contributed by atoms with van der Waals surface area (Å²) in [5.41, 5.74) is 6.64. The Balaban J connectivity index is 1.95. The van der Waals surface area contributed by atoms with Gasteiger partial charge >= 0.3 is 0 Å². The van der Waals surface area contributed by atoms with E-state index in [-0.39, 0.29) is 0 Å². The molecule has 0 fully saturated rings. The van der Waals surface area contributed by atoms with Gasteiger partial charge in [-0.05, 0) is 71.2 Å². The van der Waals surface area contributed by atoms with E-state index in [2.05, 4.69) is 32.1 Å². The number of fused-ring (bicyclic) bond motifs is 5. The smallest absolute Gasteiger partial charge is 0.116 e. The van der Waals surface area contributed by atoms with Crippen LogP contribution in [0, 0.1) is 5.92 Å². The predicted octanol–water partition coefficient (Wildman–Crippen LogP) is 5.35. The van der Waals surface area contributed by atoms with E-state index < -0.39 is 0 Å². The van der Waals surface area contributed by atoms with Crippen molar-refractivity contribution in [3.8, 4) is 11.5 Å². The van der Waals surface area contributed by atoms with Crippen LogP contribution < -0.4 is 0 Å². The predicted molar refractivity (Wildman–Crippen MR) is 97.4 cm³/mol. The lowest BCUT2D eigenvalue weighted by Gasteiger charge is -2.44. The molecule has 4 rings (SSSR count). The molecule has 0 heterocycles. The van der Waals surface area contributed by atoms with Gasteiger partial charge in [-0.1, -0.05) is 44.1 Å². The molecule has 0 aromatic heterocycles. The average molecular weight is 320 g/mol. The summed E-state index contributed by atoms with van der Waals surface area (Å²) in [5.74, 6) is 2.12. The van der Waals surface area contributed by atoms with Crippen molar-refractivity contribution in [2.45, 2.75) is 44.9 Å². The number of phenols is 2. The van der Waals surface area contributed by atoms with E-state index in [9.17, 15) is 10.2 Å². The standard InChI is InChI=1S/C22H24O2/c1-3-13-9-15-11-17(23)6-8-20(15)22-14(4-2)10-16-12-18(24)5-7-19(16)21(13)22/h5-9,11-12,14,21-24H,3-4,10H2,1-2H3. The van der Waals surface area contributed by atoms with Crippen molar-refractivity contribution < 1.29 is 10.2 Å². The lowest BCUT2D eigenvalue weighted by atomic mass is 9.60. The first kappa shape index (κ1) is 15.3. The molecule has 0 saturated carbocycles. The van der Waals surface area contributed by atoms with Crippen molar-refractivity contribution in [2.75, 3.05) is 0 Å². The molecule has 0 radical (unpaired) electrons. The first-order valence-corrected chi connectivity index (χ1v) is 8.97. The Bertz CT molecular complexity index is 819. The zero-order valence-electron chi connectivity index (χ0n) is 14.3. The van der Waals surface area contributed by atoms with Crippen LogP contribution in [-0.2, 0) is 6.42 Å². The molecule has 24 heavy (non-hydrogen) atoms. The van der Waals surface area contributed by atoms with Crippen molar-refractivity contribution in [1.29, 1.82) is 0 Å². The van der Waals surface area contributed by atoms with Gasteiger partial charge in [0.1, 0.15) is 11.5 Å². The summed E-state index contributed by atoms with van der Waals surface area (Å²) in [6, 6.07) is 11.7. The number of hydrogen-bond donors (Lipinski definition) is 2. The maximum atomic E-state index is 9.91. The normalized spacial score (nSPS) is 24.6. The van der Waals surface area contributed by atoms with Gasteiger partial charge in [0.2, 0.25) is 0 Å². The van der Waals surface area contributed by atoms with E-state index in [0.717, 1.165) is 19.3 Å². The zero-order chi connectivity index (χ0) is 16.8. The van der Waals surface area contributed by atoms with E-state index in [1.165, 1.54) is 27.8 Å². The third-order valence-corrected chi connectivity index (χ3v) is 5.91. The molecule has 3 unspecified atom stereocenters. The van der Waals surface area contributed by atoms with Gasteiger partial charge < -0.3 is 10.2 Å². The minimum Gasteiger partial charge on any atom is -0.508 e. The van der Waals surface area contributed by atoms with Gasteiger partial charge in [0.05, 0.1) is 0 Å². The van der Waals surface area contributed by atoms with Crippen molar-refractivity contribution in [1.82, 2.24) is 0 Å². The third kappa shape index (κ3) is 2.24. The number of allylic oxidation sites excluding steroid dienone is 1. The van der Waals surface area contributed by atoms with E-state index in [4.69, 9.17) is 0 Å². The molecule has 2 aliphatic rings. The van der Waals surface area contributed by atoms with E-state index in [1.54, 1.807) is 0 Å². The Morgan fingerprint density at radius 3 is 2.38 bits per heavy atom. The fourth-order valence-corrected chi connectivity index (χ4v) is 4.81. The molecule has 3 atom stereocenters. The molecule has 2 heteroatoms. The Kier molecular flexibility index (Phi) is 3.64. The maximum absolute atomic E-state index is 9.91. The van der Waals surface area contributed by atoms with Gasteiger partial charge in [-0.3, -0.25) is 0 Å². The number of hydrogen-bond acceptors (Lipinski definition) is 2. The van der Waals surface area contributed by atoms with Crippen LogP contribution in [0.4, 0.5) is 0 Å². The molecular formula is C22H24O2. The van der Waals surface area contributed by atoms with Gasteiger partial charge in [0.25, 0.3) is 0 Å². The Morgan fingerprint density at radius 1 is 0.958 bits per heavy atom. The van der Waals surface area contributed by atoms with E-state index in [1.807, 2.05) is 24.3 Å². The molecule has 0 aliphatic heterocycles. The summed E-state index contributed by atoms with van der Waals surface area (Å²) in [5, 5.41) is 19.8. The van der Waals surface area contributed by atoms with Gasteiger partial charge in [0.15, 0.2) is 0 Å². The summed E-state index contributed by atoms with van der Waals surface area (Å²) in [6.45, 7) is 4.48. The first-order valence-electron chi connectivity index (χ1n) is 8.97. The van der Waals surface area contributed by atoms with Crippen molar-refractivity contribution >= 4 is 6.08 Å². The summed E-state index contributed by atoms with van der Waals surface area (Å²) >= 11 is 0. The zero-order valence-corrected chi connectivity index (χ0v) is 14.3. The Hall–Kier alpha value is -2.22. The monoisotopic (exact) mass is 320 g/mol. The van der Waals surface area contributed by atoms with Crippen molar-refractivity contribution in [2.24, 2.45) is 5.92 Å². The number of phenolic OH excluding ortho intramolecular Hbond substituents is 2. The lowest BCUT2D eigenvalue weighted by molar-refractivity contribution is 0.344. The highest BCUT2D eigenvalue weighted by molar-refractivity contribution is 5.67. The van der Waals surface area contributed by atoms with E-state index in [0.29, 0.717) is 29.3 Å². The second-order valence-electron chi connectivity index (χ2n) is 7.15. The van der Waals surface area contributed by atoms with Crippen LogP contribution in [0.15, 0.2) is 42.0 Å². The van der Waals surface area contributed by atoms with Gasteiger partial charge in [-0.25, -0.2) is 0 Å². The topological polar surface area (TPSA) is 40.5 Å². The Labute approximate surface area is 143 Å². The fraction of sp³-hybridized carbons (Fsp3) is 0.364. The lowest BCUT2D eigenvalue weighted by Crippen LogP contribution is -2.31. The molecule has 0 spiro atoms. The summed E-state index contributed by atoms with van der Waals surface area (Å²) in [4.78, 5) is 0. The molecule has 0 saturated heterocycles. The van der Waals surface area contributed by atoms with Crippen LogP contribution >= 0.6 is 0 Å². The SMILES string of the molecule is CCC1=Cc2cc(O)ccc2C2C(CC)Cc3cc(O)ccc3C12. The fourth-order valence-electron chi connectivity index (χ4n) is 4.81. The summed E-state index contributed by atoms with van der Waals surface area (Å²) in [6.07, 6.45) is 5.41. The van der Waals surface area contributed by atoms with Gasteiger partial charge in [-0.15, -0.1) is 0 Å². The number of rotatable bonds is 2. The van der Waals surface area contributed by atoms with Crippen LogP contribution in [0.25, 0.3) is 6.08 Å². The summed E-state index contributed by atoms with van der Waals surface area (Å²) in [7, 11) is 0. The second-order valence-corrected chi connectivity index (χ2v) is 7.15. The molecule has 2 nitrogen and oxygen atoms in total. The molecule has 0 bridgehead atoms. The molecule has 2 N–H and O–H groups in total. The first-order chi connectivity index (χ1) is 11.6. The molecule has 2 aromatic carbocycles. The van der Waals surface area contributed by atoms with Crippen LogP contribution in [-0.4, -0.2) is 10.2 Å². The minimum absolute atomic E-state index is 0.341. The van der Waals surface area contributed by atoms with Crippen molar-refractivity contribution in [3.05, 3.63) is 64.2 Å². The molecule has 2 aromatic rings. The second kappa shape index (κ2) is 5.70. The van der Waals surface area contributed by atoms with Crippen LogP contribution in [0.3, 0.4) is 0 Å². The number of benzene rings is 2. The van der Waals surface area contributed by atoms with Gasteiger partial charge in [-0.2, -0.15) is 0 Å². The maximum Gasteiger partial charge on any atom is 0.116 e. The quantitative estimate of drug-likeness (QED) is 0.782. The highest BCUT2D eigenvalue weighted by atomic mass is 16.3. The highest BCUT2D eigenvalue weighted by Crippen LogP contribution is 2.55. The average Bonchev–Trinajstić information content (AvgIpc) is 2.59. The Morgan fingerprint density at radius 2 is 1.67 bits per heavy atom.